The van der Waals surface area contributed by atoms with Crippen LogP contribution in [-0.2, 0) is 0 Å². The maximum absolute atomic E-state index is 7.61. The van der Waals surface area contributed by atoms with E-state index in [4.69, 9.17) is 10.8 Å². The van der Waals surface area contributed by atoms with Crippen LogP contribution >= 0.6 is 0 Å². The molecule has 1 saturated heterocycles. The van der Waals surface area contributed by atoms with Crippen molar-refractivity contribution in [2.24, 2.45) is 0 Å². The summed E-state index contributed by atoms with van der Waals surface area (Å²) in [6.07, 6.45) is 8.94. The van der Waals surface area contributed by atoms with E-state index >= 15 is 0 Å². The molecular formula is C16H20N6. The Morgan fingerprint density at radius 2 is 2.18 bits per heavy atom. The van der Waals surface area contributed by atoms with Gasteiger partial charge in [0.15, 0.2) is 0 Å². The van der Waals surface area contributed by atoms with Crippen molar-refractivity contribution >= 4 is 34.7 Å². The number of nitrogens with one attached hydrogen (secondary N) is 4. The maximum Gasteiger partial charge on any atom is 0.139 e. The second-order valence-electron chi connectivity index (χ2n) is 5.28. The second kappa shape index (κ2) is 6.53. The van der Waals surface area contributed by atoms with Crippen molar-refractivity contribution in [1.29, 1.82) is 10.8 Å². The van der Waals surface area contributed by atoms with E-state index in [1.54, 1.807) is 6.08 Å². The number of fused-ring (bicyclic) bond motifs is 1. The van der Waals surface area contributed by atoms with E-state index in [1.165, 1.54) is 12.4 Å². The Labute approximate surface area is 129 Å². The van der Waals surface area contributed by atoms with Crippen LogP contribution in [0.1, 0.15) is 12.0 Å². The van der Waals surface area contributed by atoms with Crippen LogP contribution in [0.2, 0.25) is 0 Å². The number of pyridine rings is 1. The lowest BCUT2D eigenvalue weighted by molar-refractivity contribution is 0.724. The van der Waals surface area contributed by atoms with E-state index in [1.807, 2.05) is 18.5 Å². The van der Waals surface area contributed by atoms with Crippen molar-refractivity contribution in [3.05, 3.63) is 30.1 Å². The van der Waals surface area contributed by atoms with Gasteiger partial charge in [-0.15, -0.1) is 0 Å². The summed E-state index contributed by atoms with van der Waals surface area (Å²) in [6, 6.07) is 2.04. The molecule has 3 heterocycles. The monoisotopic (exact) mass is 296 g/mol. The van der Waals surface area contributed by atoms with Crippen LogP contribution in [0.25, 0.3) is 16.6 Å². The molecule has 2 aromatic rings. The highest BCUT2D eigenvalue weighted by Gasteiger charge is 2.17. The van der Waals surface area contributed by atoms with Crippen LogP contribution in [-0.4, -0.2) is 48.6 Å². The average Bonchev–Trinajstić information content (AvgIpc) is 2.79. The van der Waals surface area contributed by atoms with Gasteiger partial charge in [0.2, 0.25) is 0 Å². The zero-order valence-electron chi connectivity index (χ0n) is 12.4. The predicted octanol–water partition coefficient (Wildman–Crippen LogP) is 2.05. The lowest BCUT2D eigenvalue weighted by Gasteiger charge is -2.23. The average molecular weight is 296 g/mol. The molecule has 114 valence electrons. The van der Waals surface area contributed by atoms with Crippen LogP contribution in [0.4, 0.5) is 5.69 Å². The lowest BCUT2D eigenvalue weighted by Crippen LogP contribution is -2.28. The van der Waals surface area contributed by atoms with Crippen LogP contribution in [0.15, 0.2) is 24.5 Å². The first kappa shape index (κ1) is 14.5. The van der Waals surface area contributed by atoms with Crippen molar-refractivity contribution < 1.29 is 0 Å². The van der Waals surface area contributed by atoms with Crippen LogP contribution in [0.3, 0.4) is 0 Å². The van der Waals surface area contributed by atoms with Crippen molar-refractivity contribution in [2.75, 3.05) is 31.1 Å². The van der Waals surface area contributed by atoms with Gasteiger partial charge in [0.05, 0.1) is 0 Å². The molecule has 1 fully saturated rings. The number of hydrogen-bond acceptors (Lipinski definition) is 5. The first-order chi connectivity index (χ1) is 10.8. The molecule has 0 aliphatic carbocycles. The number of allylic oxidation sites excluding steroid dienone is 2. The number of aromatic amines is 1. The Bertz CT molecular complexity index is 706. The zero-order chi connectivity index (χ0) is 15.4. The molecule has 22 heavy (non-hydrogen) atoms. The van der Waals surface area contributed by atoms with Crippen LogP contribution in [0.5, 0.6) is 0 Å². The maximum atomic E-state index is 7.61. The second-order valence-corrected chi connectivity index (χ2v) is 5.28. The zero-order valence-corrected chi connectivity index (χ0v) is 12.4. The standard InChI is InChI=1S/C16H20N6/c17-4-2-12(10-18)13-11-21-16-15(13)14(3-6-20-16)22-8-1-5-19-7-9-22/h2-4,6,10-11,17-19H,1,5,7-9H2,(H,20,21)/b12-2+,17-4?,18-10?. The summed E-state index contributed by atoms with van der Waals surface area (Å²) >= 11 is 0. The van der Waals surface area contributed by atoms with Crippen molar-refractivity contribution in [3.63, 3.8) is 0 Å². The number of rotatable bonds is 4. The number of nitrogens with zero attached hydrogens (tertiary/aromatic N) is 2. The number of H-pyrrole nitrogens is 1. The lowest BCUT2D eigenvalue weighted by atomic mass is 10.0. The highest BCUT2D eigenvalue weighted by molar-refractivity contribution is 6.18. The smallest absolute Gasteiger partial charge is 0.139 e. The predicted molar refractivity (Wildman–Crippen MR) is 91.3 cm³/mol. The van der Waals surface area contributed by atoms with Gasteiger partial charge in [0.1, 0.15) is 5.65 Å². The fourth-order valence-corrected chi connectivity index (χ4v) is 2.92. The van der Waals surface area contributed by atoms with Gasteiger partial charge in [-0.25, -0.2) is 4.98 Å². The van der Waals surface area contributed by atoms with E-state index in [0.717, 1.165) is 54.9 Å². The molecule has 0 bridgehead atoms. The Hall–Kier alpha value is -2.47. The third-order valence-electron chi connectivity index (χ3n) is 3.96. The van der Waals surface area contributed by atoms with Crippen molar-refractivity contribution in [3.8, 4) is 0 Å². The summed E-state index contributed by atoms with van der Waals surface area (Å²) in [5.41, 5.74) is 3.60. The Balaban J connectivity index is 2.13. The summed E-state index contributed by atoms with van der Waals surface area (Å²) in [4.78, 5) is 9.95. The quantitative estimate of drug-likeness (QED) is 0.651. The molecule has 6 heteroatoms. The fraction of sp³-hybridized carbons (Fsp3) is 0.312. The van der Waals surface area contributed by atoms with E-state index in [-0.39, 0.29) is 0 Å². The van der Waals surface area contributed by atoms with Crippen molar-refractivity contribution in [1.82, 2.24) is 15.3 Å². The summed E-state index contributed by atoms with van der Waals surface area (Å²) in [5, 5.41) is 19.3. The minimum absolute atomic E-state index is 0.712. The van der Waals surface area contributed by atoms with Gasteiger partial charge in [-0.3, -0.25) is 0 Å². The first-order valence-corrected chi connectivity index (χ1v) is 7.48. The van der Waals surface area contributed by atoms with Gasteiger partial charge in [-0.1, -0.05) is 0 Å². The molecular weight excluding hydrogens is 276 g/mol. The minimum atomic E-state index is 0.712. The highest BCUT2D eigenvalue weighted by atomic mass is 15.2. The normalized spacial score (nSPS) is 16.5. The summed E-state index contributed by atoms with van der Waals surface area (Å²) < 4.78 is 0. The van der Waals surface area contributed by atoms with Gasteiger partial charge in [-0.05, 0) is 25.1 Å². The molecule has 4 N–H and O–H groups in total. The molecule has 0 saturated carbocycles. The fourth-order valence-electron chi connectivity index (χ4n) is 2.92. The molecule has 0 amide bonds. The molecule has 3 rings (SSSR count). The molecule has 0 atom stereocenters. The summed E-state index contributed by atoms with van der Waals surface area (Å²) in [5.74, 6) is 0. The number of aromatic nitrogens is 2. The molecule has 0 radical (unpaired) electrons. The van der Waals surface area contributed by atoms with Crippen LogP contribution in [0, 0.1) is 10.8 Å². The van der Waals surface area contributed by atoms with Gasteiger partial charge in [-0.2, -0.15) is 0 Å². The van der Waals surface area contributed by atoms with Gasteiger partial charge < -0.3 is 26.0 Å². The third-order valence-corrected chi connectivity index (χ3v) is 3.96. The summed E-state index contributed by atoms with van der Waals surface area (Å²) in [7, 11) is 0. The largest absolute Gasteiger partial charge is 0.370 e. The molecule has 0 spiro atoms. The molecule has 1 aliphatic heterocycles. The molecule has 1 aliphatic rings. The van der Waals surface area contributed by atoms with E-state index in [9.17, 15) is 0 Å². The number of hydrogen-bond donors (Lipinski definition) is 4. The van der Waals surface area contributed by atoms with Gasteiger partial charge >= 0.3 is 0 Å². The van der Waals surface area contributed by atoms with Crippen molar-refractivity contribution in [2.45, 2.75) is 6.42 Å². The summed E-state index contributed by atoms with van der Waals surface area (Å²) in [6.45, 7) is 3.98. The first-order valence-electron chi connectivity index (χ1n) is 7.48. The van der Waals surface area contributed by atoms with Gasteiger partial charge in [0.25, 0.3) is 0 Å². The van der Waals surface area contributed by atoms with E-state index in [0.29, 0.717) is 5.57 Å². The molecule has 2 aromatic heterocycles. The SMILES string of the molecule is N=C/C=C(\C=N)c1c[nH]c2nccc(N3CCCNCC3)c12. The van der Waals surface area contributed by atoms with Crippen LogP contribution < -0.4 is 10.2 Å². The van der Waals surface area contributed by atoms with E-state index in [2.05, 4.69) is 20.2 Å². The third kappa shape index (κ3) is 2.65. The molecule has 6 nitrogen and oxygen atoms in total. The highest BCUT2D eigenvalue weighted by Crippen LogP contribution is 2.32. The molecule has 0 aromatic carbocycles. The topological polar surface area (TPSA) is 91.6 Å². The Morgan fingerprint density at radius 3 is 3.00 bits per heavy atom. The molecule has 0 unspecified atom stereocenters. The minimum Gasteiger partial charge on any atom is -0.370 e. The van der Waals surface area contributed by atoms with Gasteiger partial charge in [0, 0.05) is 66.7 Å². The van der Waals surface area contributed by atoms with E-state index < -0.39 is 0 Å². The Morgan fingerprint density at radius 1 is 1.27 bits per heavy atom. The number of anilines is 1. The Kier molecular flexibility index (Phi) is 4.29.